The van der Waals surface area contributed by atoms with Gasteiger partial charge in [0.2, 0.25) is 0 Å². The van der Waals surface area contributed by atoms with Gasteiger partial charge in [-0.25, -0.2) is 0 Å². The quantitative estimate of drug-likeness (QED) is 0.561. The molecule has 0 atom stereocenters. The second kappa shape index (κ2) is 9.06. The minimum Gasteiger partial charge on any atom is -0.490 e. The molecule has 0 unspecified atom stereocenters. The van der Waals surface area contributed by atoms with Crippen molar-refractivity contribution in [3.63, 3.8) is 0 Å². The van der Waals surface area contributed by atoms with Crippen LogP contribution in [0.2, 0.25) is 0 Å². The highest BCUT2D eigenvalue weighted by Gasteiger charge is 2.32. The summed E-state index contributed by atoms with van der Waals surface area (Å²) in [6, 6.07) is 11.7. The first-order valence-corrected chi connectivity index (χ1v) is 12.0. The van der Waals surface area contributed by atoms with Crippen LogP contribution in [-0.4, -0.2) is 48.0 Å². The molecule has 7 heteroatoms. The second-order valence-corrected chi connectivity index (χ2v) is 9.56. The van der Waals surface area contributed by atoms with Gasteiger partial charge in [-0.3, -0.25) is 9.59 Å². The van der Waals surface area contributed by atoms with Gasteiger partial charge >= 0.3 is 0 Å². The number of nitrogen functional groups attached to an aromatic ring is 1. The Balaban J connectivity index is 1.25. The van der Waals surface area contributed by atoms with E-state index in [2.05, 4.69) is 15.5 Å². The fourth-order valence-corrected chi connectivity index (χ4v) is 4.38. The number of amides is 2. The molecule has 1 saturated heterocycles. The summed E-state index contributed by atoms with van der Waals surface area (Å²) < 4.78 is 6.20. The van der Waals surface area contributed by atoms with Crippen molar-refractivity contribution in [2.24, 2.45) is 0 Å². The number of rotatable bonds is 7. The highest BCUT2D eigenvalue weighted by Crippen LogP contribution is 2.31. The van der Waals surface area contributed by atoms with E-state index in [0.29, 0.717) is 28.3 Å². The number of likely N-dealkylation sites (tertiary alicyclic amines) is 1. The molecule has 33 heavy (non-hydrogen) atoms. The first-order valence-electron chi connectivity index (χ1n) is 12.0. The Morgan fingerprint density at radius 2 is 1.73 bits per heavy atom. The Hall–Kier alpha value is -3.06. The van der Waals surface area contributed by atoms with E-state index in [1.165, 1.54) is 12.8 Å². The fourth-order valence-electron chi connectivity index (χ4n) is 4.38. The van der Waals surface area contributed by atoms with Crippen LogP contribution < -0.4 is 21.1 Å². The maximum Gasteiger partial charge on any atom is 0.257 e. The van der Waals surface area contributed by atoms with Crippen LogP contribution in [0, 0.1) is 6.92 Å². The smallest absolute Gasteiger partial charge is 0.257 e. The summed E-state index contributed by atoms with van der Waals surface area (Å²) in [5.74, 6) is 0.230. The maximum absolute atomic E-state index is 13.1. The van der Waals surface area contributed by atoms with Crippen molar-refractivity contribution in [3.8, 4) is 5.75 Å². The zero-order valence-corrected chi connectivity index (χ0v) is 19.1. The third-order valence-corrected chi connectivity index (χ3v) is 6.77. The van der Waals surface area contributed by atoms with Crippen molar-refractivity contribution in [1.29, 1.82) is 0 Å². The van der Waals surface area contributed by atoms with Crippen molar-refractivity contribution in [3.05, 3.63) is 53.1 Å². The first kappa shape index (κ1) is 21.8. The van der Waals surface area contributed by atoms with Crippen molar-refractivity contribution in [1.82, 2.24) is 10.2 Å². The lowest BCUT2D eigenvalue weighted by Crippen LogP contribution is -2.39. The Kier molecular flexibility index (Phi) is 5.98. The third kappa shape index (κ3) is 5.30. The van der Waals surface area contributed by atoms with Gasteiger partial charge in [0, 0.05) is 42.1 Å². The molecule has 1 aliphatic heterocycles. The van der Waals surface area contributed by atoms with Gasteiger partial charge in [0.1, 0.15) is 11.9 Å². The van der Waals surface area contributed by atoms with Crippen molar-refractivity contribution >= 4 is 23.2 Å². The molecule has 2 aromatic carbocycles. The van der Waals surface area contributed by atoms with Crippen LogP contribution in [0.15, 0.2) is 36.4 Å². The molecule has 0 radical (unpaired) electrons. The zero-order chi connectivity index (χ0) is 22.9. The number of nitrogens with two attached hydrogens (primary N) is 1. The standard InChI is InChI=1S/C26H32N4O3/c1-16-2-3-17(25(31)28-18-4-5-18)14-24(16)29-26(32)22-15-21(8-9-23(22)27)33-20-10-12-30(13-11-20)19-6-7-19/h2-3,8-9,14-15,18-20H,4-7,10-13,27H2,1H3,(H,28,31)(H,29,32). The number of aryl methyl sites for hydroxylation is 1. The number of nitrogens with zero attached hydrogens (tertiary/aromatic N) is 1. The van der Waals surface area contributed by atoms with E-state index in [1.54, 1.807) is 24.3 Å². The van der Waals surface area contributed by atoms with E-state index in [0.717, 1.165) is 50.4 Å². The average molecular weight is 449 g/mol. The lowest BCUT2D eigenvalue weighted by molar-refractivity contribution is 0.0949. The van der Waals surface area contributed by atoms with E-state index in [-0.39, 0.29) is 24.0 Å². The Morgan fingerprint density at radius 1 is 0.970 bits per heavy atom. The zero-order valence-electron chi connectivity index (χ0n) is 19.1. The molecule has 3 aliphatic rings. The number of anilines is 2. The van der Waals surface area contributed by atoms with Crippen molar-refractivity contribution in [2.45, 2.75) is 63.6 Å². The molecule has 2 amide bonds. The Morgan fingerprint density at radius 3 is 2.42 bits per heavy atom. The molecule has 3 fully saturated rings. The number of nitrogens with one attached hydrogen (secondary N) is 2. The predicted octanol–water partition coefficient (Wildman–Crippen LogP) is 3.73. The highest BCUT2D eigenvalue weighted by atomic mass is 16.5. The van der Waals surface area contributed by atoms with Crippen LogP contribution in [-0.2, 0) is 0 Å². The van der Waals surface area contributed by atoms with Crippen LogP contribution in [0.25, 0.3) is 0 Å². The van der Waals surface area contributed by atoms with Gasteiger partial charge < -0.3 is 26.0 Å². The van der Waals surface area contributed by atoms with Gasteiger partial charge in [0.25, 0.3) is 11.8 Å². The molecular weight excluding hydrogens is 416 g/mol. The predicted molar refractivity (Wildman–Crippen MR) is 129 cm³/mol. The van der Waals surface area contributed by atoms with Crippen molar-refractivity contribution < 1.29 is 14.3 Å². The second-order valence-electron chi connectivity index (χ2n) is 9.56. The largest absolute Gasteiger partial charge is 0.490 e. The van der Waals surface area contributed by atoms with Crippen LogP contribution in [0.1, 0.15) is 64.8 Å². The lowest BCUT2D eigenvalue weighted by atomic mass is 10.1. The monoisotopic (exact) mass is 448 g/mol. The number of piperidine rings is 1. The van der Waals surface area contributed by atoms with Gasteiger partial charge in [0.05, 0.1) is 5.56 Å². The molecule has 2 aromatic rings. The molecule has 7 nitrogen and oxygen atoms in total. The first-order chi connectivity index (χ1) is 16.0. The van der Waals surface area contributed by atoms with Crippen LogP contribution >= 0.6 is 0 Å². The summed E-state index contributed by atoms with van der Waals surface area (Å²) in [6.07, 6.45) is 6.86. The SMILES string of the molecule is Cc1ccc(C(=O)NC2CC2)cc1NC(=O)c1cc(OC2CCN(C3CC3)CC2)ccc1N. The molecular formula is C26H32N4O3. The Bertz CT molecular complexity index is 1050. The van der Waals surface area contributed by atoms with E-state index in [9.17, 15) is 9.59 Å². The summed E-state index contributed by atoms with van der Waals surface area (Å²) >= 11 is 0. The van der Waals surface area contributed by atoms with Gasteiger partial charge in [-0.15, -0.1) is 0 Å². The number of hydrogen-bond donors (Lipinski definition) is 3. The van der Waals surface area contributed by atoms with E-state index < -0.39 is 0 Å². The Labute approximate surface area is 194 Å². The molecule has 2 aliphatic carbocycles. The summed E-state index contributed by atoms with van der Waals surface area (Å²) in [5, 5.41) is 5.90. The van der Waals surface area contributed by atoms with E-state index >= 15 is 0 Å². The van der Waals surface area contributed by atoms with Crippen LogP contribution in [0.5, 0.6) is 5.75 Å². The molecule has 2 saturated carbocycles. The number of hydrogen-bond acceptors (Lipinski definition) is 5. The molecule has 4 N–H and O–H groups in total. The topological polar surface area (TPSA) is 96.7 Å². The lowest BCUT2D eigenvalue weighted by Gasteiger charge is -2.32. The minimum atomic E-state index is -0.315. The number of carbonyl (C=O) groups excluding carboxylic acids is 2. The molecule has 0 spiro atoms. The van der Waals surface area contributed by atoms with Gasteiger partial charge in [-0.05, 0) is 81.3 Å². The molecule has 1 heterocycles. The van der Waals surface area contributed by atoms with E-state index in [4.69, 9.17) is 10.5 Å². The summed E-state index contributed by atoms with van der Waals surface area (Å²) in [7, 11) is 0. The van der Waals surface area contributed by atoms with Crippen LogP contribution in [0.4, 0.5) is 11.4 Å². The van der Waals surface area contributed by atoms with Crippen LogP contribution in [0.3, 0.4) is 0 Å². The molecule has 5 rings (SSSR count). The maximum atomic E-state index is 13.1. The number of carbonyl (C=O) groups is 2. The van der Waals surface area contributed by atoms with Gasteiger partial charge in [-0.1, -0.05) is 6.07 Å². The van der Waals surface area contributed by atoms with Gasteiger partial charge in [0.15, 0.2) is 0 Å². The fraction of sp³-hybridized carbons (Fsp3) is 0.462. The van der Waals surface area contributed by atoms with E-state index in [1.807, 2.05) is 19.1 Å². The van der Waals surface area contributed by atoms with Gasteiger partial charge in [-0.2, -0.15) is 0 Å². The molecule has 0 bridgehead atoms. The normalized spacial score (nSPS) is 19.2. The summed E-state index contributed by atoms with van der Waals surface area (Å²) in [5.41, 5.74) is 8.90. The molecule has 0 aromatic heterocycles. The number of ether oxygens (including phenoxy) is 1. The molecule has 174 valence electrons. The summed E-state index contributed by atoms with van der Waals surface area (Å²) in [4.78, 5) is 28.0. The highest BCUT2D eigenvalue weighted by molar-refractivity contribution is 6.09. The third-order valence-electron chi connectivity index (χ3n) is 6.77. The number of benzene rings is 2. The summed E-state index contributed by atoms with van der Waals surface area (Å²) in [6.45, 7) is 4.04. The minimum absolute atomic E-state index is 0.115. The van der Waals surface area contributed by atoms with Crippen molar-refractivity contribution in [2.75, 3.05) is 24.1 Å². The average Bonchev–Trinajstić information content (AvgIpc) is 3.72.